The van der Waals surface area contributed by atoms with Gasteiger partial charge < -0.3 is 82.5 Å². The summed E-state index contributed by atoms with van der Waals surface area (Å²) in [7, 11) is 0. The second kappa shape index (κ2) is 31.1. The van der Waals surface area contributed by atoms with Crippen LogP contribution in [-0.2, 0) is 38.4 Å². The van der Waals surface area contributed by atoms with Crippen molar-refractivity contribution in [2.24, 2.45) is 62.0 Å². The normalized spacial score (nSPS) is 14.3. The monoisotopic (exact) mass is 899 g/mol. The summed E-state index contributed by atoms with van der Waals surface area (Å²) in [5, 5.41) is 27.5. The summed E-state index contributed by atoms with van der Waals surface area (Å²) in [6.07, 6.45) is 2.28. The van der Waals surface area contributed by atoms with Gasteiger partial charge in [0.1, 0.15) is 36.3 Å². The van der Waals surface area contributed by atoms with Crippen LogP contribution in [0, 0.1) is 11.8 Å². The predicted molar refractivity (Wildman–Crippen MR) is 236 cm³/mol. The topological polar surface area (TPSA) is 448 Å². The number of nitrogens with zero attached hydrogens (tertiary/aromatic N) is 2. The molecule has 0 aliphatic rings. The first kappa shape index (κ1) is 57.2. The molecule has 0 aromatic carbocycles. The number of rotatable bonds is 32. The highest BCUT2D eigenvalue weighted by Gasteiger charge is 2.33. The van der Waals surface area contributed by atoms with Crippen molar-refractivity contribution >= 4 is 59.2 Å². The zero-order valence-electron chi connectivity index (χ0n) is 37.2. The standard InChI is InChI=1S/C38H74N16O9/c1-20(2)16-26(32(59)48-18-29(41)56)53-36(63)28(19-55)54-30(57)22(5)49-33(60)24(11-8-14-46-37(42)43)50-34(61)25(12-9-15-47-38(44)45)51-35(62)27(17-21(3)4)52-31(58)23(40)10-6-7-13-39/h20-28,55H,6-19,39-40H2,1-5H3,(H2,41,56)(H,48,59)(H,49,60)(H,50,61)(H,51,62)(H,52,58)(H,53,63)(H,54,57)(H4,42,43,46)(H4,44,45,47)/t22-,23-,24-,25-,26-,27-,28-/m0/s1. The zero-order valence-corrected chi connectivity index (χ0v) is 37.2. The molecular weight excluding hydrogens is 825 g/mol. The molecule has 0 aliphatic heterocycles. The molecule has 0 saturated heterocycles. The maximum Gasteiger partial charge on any atom is 0.245 e. The van der Waals surface area contributed by atoms with Crippen LogP contribution in [0.4, 0.5) is 0 Å². The van der Waals surface area contributed by atoms with E-state index in [9.17, 15) is 43.5 Å². The van der Waals surface area contributed by atoms with E-state index in [1.165, 1.54) is 6.92 Å². The van der Waals surface area contributed by atoms with E-state index in [1.54, 1.807) is 13.8 Å². The van der Waals surface area contributed by atoms with E-state index in [4.69, 9.17) is 40.1 Å². The van der Waals surface area contributed by atoms with Crippen molar-refractivity contribution in [1.82, 2.24) is 37.2 Å². The molecule has 0 aromatic heterocycles. The Hall–Kier alpha value is -5.82. The number of hydrogen-bond acceptors (Lipinski definition) is 13. The molecule has 7 atom stereocenters. The average molecular weight is 899 g/mol. The second-order valence-corrected chi connectivity index (χ2v) is 16.0. The van der Waals surface area contributed by atoms with E-state index >= 15 is 0 Å². The molecule has 0 radical (unpaired) electrons. The minimum Gasteiger partial charge on any atom is -0.394 e. The molecule has 25 heteroatoms. The molecule has 0 spiro atoms. The van der Waals surface area contributed by atoms with E-state index in [0.29, 0.717) is 25.8 Å². The zero-order chi connectivity index (χ0) is 48.2. The number of nitrogens with one attached hydrogen (secondary N) is 7. The first-order valence-electron chi connectivity index (χ1n) is 21.1. The van der Waals surface area contributed by atoms with Crippen molar-refractivity contribution in [3.63, 3.8) is 0 Å². The van der Waals surface area contributed by atoms with Gasteiger partial charge in [0.25, 0.3) is 0 Å². The van der Waals surface area contributed by atoms with Gasteiger partial charge in [-0.05, 0) is 76.7 Å². The Balaban J connectivity index is 6.31. The fraction of sp³-hybridized carbons (Fsp3) is 0.737. The molecule has 0 aliphatic carbocycles. The fourth-order valence-electron chi connectivity index (χ4n) is 5.85. The van der Waals surface area contributed by atoms with Crippen LogP contribution in [-0.4, -0.2) is 139 Å². The number of carbonyl (C=O) groups excluding carboxylic acids is 8. The Morgan fingerprint density at radius 2 is 0.921 bits per heavy atom. The molecule has 0 unspecified atom stereocenters. The molecule has 0 bridgehead atoms. The van der Waals surface area contributed by atoms with E-state index in [1.807, 2.05) is 13.8 Å². The average Bonchev–Trinajstić information content (AvgIpc) is 3.19. The van der Waals surface area contributed by atoms with Gasteiger partial charge in [-0.2, -0.15) is 0 Å². The Bertz CT molecular complexity index is 1550. The summed E-state index contributed by atoms with van der Waals surface area (Å²) in [5.41, 5.74) is 38.5. The number of nitrogens with two attached hydrogens (primary N) is 7. The number of amides is 8. The third-order valence-electron chi connectivity index (χ3n) is 9.15. The molecule has 8 amide bonds. The lowest BCUT2D eigenvalue weighted by atomic mass is 10.0. The number of guanidine groups is 2. The SMILES string of the molecule is CC(C)C[C@H](NC(=O)[C@H](CO)NC(=O)[C@H](C)NC(=O)[C@H](CCCN=C(N)N)NC(=O)[C@H](CCCN=C(N)N)NC(=O)[C@H](CC(C)C)NC(=O)[C@@H](N)CCCCN)C(=O)NCC(N)=O. The number of carbonyl (C=O) groups is 8. The first-order valence-corrected chi connectivity index (χ1v) is 21.1. The maximum absolute atomic E-state index is 14.0. The van der Waals surface area contributed by atoms with Crippen molar-refractivity contribution < 1.29 is 43.5 Å². The number of aliphatic hydroxyl groups excluding tert-OH is 1. The highest BCUT2D eigenvalue weighted by molar-refractivity contribution is 5.97. The van der Waals surface area contributed by atoms with Gasteiger partial charge >= 0.3 is 0 Å². The van der Waals surface area contributed by atoms with Crippen LogP contribution in [0.5, 0.6) is 0 Å². The Labute approximate surface area is 368 Å². The van der Waals surface area contributed by atoms with Gasteiger partial charge in [0.15, 0.2) is 11.9 Å². The molecule has 0 rings (SSSR count). The maximum atomic E-state index is 14.0. The number of unbranched alkanes of at least 4 members (excludes halogenated alkanes) is 1. The highest BCUT2D eigenvalue weighted by atomic mass is 16.3. The Morgan fingerprint density at radius 1 is 0.508 bits per heavy atom. The minimum absolute atomic E-state index is 0.00805. The molecular formula is C38H74N16O9. The van der Waals surface area contributed by atoms with Gasteiger partial charge in [0, 0.05) is 13.1 Å². The van der Waals surface area contributed by atoms with Crippen molar-refractivity contribution in [3.05, 3.63) is 0 Å². The summed E-state index contributed by atoms with van der Waals surface area (Å²) < 4.78 is 0. The van der Waals surface area contributed by atoms with E-state index in [-0.39, 0.29) is 75.4 Å². The molecule has 0 aromatic rings. The molecule has 22 N–H and O–H groups in total. The van der Waals surface area contributed by atoms with Crippen LogP contribution in [0.25, 0.3) is 0 Å². The van der Waals surface area contributed by atoms with Crippen LogP contribution in [0.2, 0.25) is 0 Å². The largest absolute Gasteiger partial charge is 0.394 e. The van der Waals surface area contributed by atoms with Gasteiger partial charge in [-0.1, -0.05) is 34.1 Å². The smallest absolute Gasteiger partial charge is 0.245 e. The third kappa shape index (κ3) is 25.7. The number of aliphatic imine (C=N–C) groups is 2. The van der Waals surface area contributed by atoms with Crippen LogP contribution in [0.15, 0.2) is 9.98 Å². The van der Waals surface area contributed by atoms with E-state index in [0.717, 1.165) is 0 Å². The summed E-state index contributed by atoms with van der Waals surface area (Å²) in [6, 6.07) is -8.63. The Kier molecular flexibility index (Phi) is 28.2. The summed E-state index contributed by atoms with van der Waals surface area (Å²) in [6.45, 7) is 7.77. The molecule has 25 nitrogen and oxygen atoms in total. The summed E-state index contributed by atoms with van der Waals surface area (Å²) >= 11 is 0. The van der Waals surface area contributed by atoms with Gasteiger partial charge in [0.2, 0.25) is 47.3 Å². The lowest BCUT2D eigenvalue weighted by Gasteiger charge is -2.27. The van der Waals surface area contributed by atoms with Crippen LogP contribution >= 0.6 is 0 Å². The fourth-order valence-corrected chi connectivity index (χ4v) is 5.85. The lowest BCUT2D eigenvalue weighted by Crippen LogP contribution is -2.60. The van der Waals surface area contributed by atoms with E-state index in [2.05, 4.69) is 47.2 Å². The summed E-state index contributed by atoms with van der Waals surface area (Å²) in [4.78, 5) is 112. The van der Waals surface area contributed by atoms with Gasteiger partial charge in [-0.25, -0.2) is 0 Å². The molecule has 0 fully saturated rings. The lowest BCUT2D eigenvalue weighted by molar-refractivity contribution is -0.136. The number of hydrogen-bond donors (Lipinski definition) is 15. The highest BCUT2D eigenvalue weighted by Crippen LogP contribution is 2.10. The number of aliphatic hydroxyl groups is 1. The van der Waals surface area contributed by atoms with Gasteiger partial charge in [-0.3, -0.25) is 48.3 Å². The quantitative estimate of drug-likeness (QED) is 0.0170. The molecule has 63 heavy (non-hydrogen) atoms. The first-order chi connectivity index (χ1) is 29.5. The van der Waals surface area contributed by atoms with Crippen LogP contribution in [0.1, 0.15) is 92.4 Å². The minimum atomic E-state index is -1.56. The van der Waals surface area contributed by atoms with Crippen molar-refractivity contribution in [1.29, 1.82) is 0 Å². The van der Waals surface area contributed by atoms with Crippen molar-refractivity contribution in [2.75, 3.05) is 32.8 Å². The summed E-state index contributed by atoms with van der Waals surface area (Å²) in [5.74, 6) is -6.79. The second-order valence-electron chi connectivity index (χ2n) is 16.0. The van der Waals surface area contributed by atoms with Crippen LogP contribution < -0.4 is 77.4 Å². The van der Waals surface area contributed by atoms with Gasteiger partial charge in [0.05, 0.1) is 19.2 Å². The number of primary amides is 1. The van der Waals surface area contributed by atoms with Crippen molar-refractivity contribution in [2.45, 2.75) is 135 Å². The van der Waals surface area contributed by atoms with Crippen LogP contribution in [0.3, 0.4) is 0 Å². The van der Waals surface area contributed by atoms with E-state index < -0.39 is 103 Å². The third-order valence-corrected chi connectivity index (χ3v) is 9.15. The van der Waals surface area contributed by atoms with Crippen molar-refractivity contribution in [3.8, 4) is 0 Å². The molecule has 360 valence electrons. The van der Waals surface area contributed by atoms with Gasteiger partial charge in [-0.15, -0.1) is 0 Å². The predicted octanol–water partition coefficient (Wildman–Crippen LogP) is -5.84. The molecule has 0 saturated carbocycles. The Morgan fingerprint density at radius 3 is 1.37 bits per heavy atom. The molecule has 0 heterocycles.